The Bertz CT molecular complexity index is 200. The lowest BCUT2D eigenvalue weighted by Gasteiger charge is -2.30. The Morgan fingerprint density at radius 3 is 3.14 bits per heavy atom. The van der Waals surface area contributed by atoms with Gasteiger partial charge < -0.3 is 4.74 Å². The van der Waals surface area contributed by atoms with Crippen LogP contribution in [0.1, 0.15) is 26.2 Å². The molecule has 2 saturated heterocycles. The van der Waals surface area contributed by atoms with Crippen molar-refractivity contribution < 1.29 is 4.74 Å². The smallest absolute Gasteiger partial charge is 0.0647 e. The van der Waals surface area contributed by atoms with Crippen LogP contribution in [0.5, 0.6) is 0 Å². The average molecular weight is 215 g/mol. The van der Waals surface area contributed by atoms with Gasteiger partial charge in [0.05, 0.1) is 6.61 Å². The first-order valence-electron chi connectivity index (χ1n) is 5.66. The molecule has 2 fully saturated rings. The summed E-state index contributed by atoms with van der Waals surface area (Å²) in [5.41, 5.74) is 0.418. The molecule has 0 saturated carbocycles. The fourth-order valence-electron chi connectivity index (χ4n) is 3.08. The zero-order valence-corrected chi connectivity index (χ0v) is 10.1. The van der Waals surface area contributed by atoms with Crippen LogP contribution in [-0.4, -0.2) is 48.2 Å². The van der Waals surface area contributed by atoms with Crippen molar-refractivity contribution in [2.45, 2.75) is 37.0 Å². The van der Waals surface area contributed by atoms with Crippen molar-refractivity contribution in [2.24, 2.45) is 0 Å². The van der Waals surface area contributed by atoms with Gasteiger partial charge in [0, 0.05) is 24.4 Å². The molecule has 2 aliphatic rings. The summed E-state index contributed by atoms with van der Waals surface area (Å²) in [6.45, 7) is 5.79. The lowest BCUT2D eigenvalue weighted by molar-refractivity contribution is 0.0655. The highest BCUT2D eigenvalue weighted by atomic mass is 32.2. The summed E-state index contributed by atoms with van der Waals surface area (Å²) in [7, 11) is 1.84. The molecule has 2 atom stereocenters. The monoisotopic (exact) mass is 215 g/mol. The number of fused-ring (bicyclic) bond motifs is 1. The van der Waals surface area contributed by atoms with Gasteiger partial charge in [0.15, 0.2) is 0 Å². The third-order valence-electron chi connectivity index (χ3n) is 3.59. The third kappa shape index (κ3) is 1.82. The number of hydrogen-bond acceptors (Lipinski definition) is 3. The molecule has 0 aliphatic carbocycles. The first-order chi connectivity index (χ1) is 6.80. The van der Waals surface area contributed by atoms with E-state index < -0.39 is 0 Å². The summed E-state index contributed by atoms with van der Waals surface area (Å²) in [6.07, 6.45) is 4.06. The summed E-state index contributed by atoms with van der Waals surface area (Å²) in [5.74, 6) is 1.25. The molecule has 3 heteroatoms. The number of nitrogens with zero attached hydrogens (tertiary/aromatic N) is 1. The molecule has 2 nitrogen and oxygen atoms in total. The number of methoxy groups -OCH3 is 1. The van der Waals surface area contributed by atoms with Crippen molar-refractivity contribution in [3.8, 4) is 0 Å². The fourth-order valence-corrected chi connectivity index (χ4v) is 4.27. The molecule has 14 heavy (non-hydrogen) atoms. The first-order valence-corrected chi connectivity index (χ1v) is 6.71. The minimum Gasteiger partial charge on any atom is -0.383 e. The van der Waals surface area contributed by atoms with Gasteiger partial charge in [-0.1, -0.05) is 6.92 Å². The van der Waals surface area contributed by atoms with E-state index in [1.165, 1.54) is 38.1 Å². The van der Waals surface area contributed by atoms with E-state index in [1.807, 2.05) is 7.11 Å². The van der Waals surface area contributed by atoms with Gasteiger partial charge in [-0.05, 0) is 31.6 Å². The molecule has 0 aromatic rings. The van der Waals surface area contributed by atoms with Crippen molar-refractivity contribution in [3.05, 3.63) is 0 Å². The second kappa shape index (κ2) is 4.42. The van der Waals surface area contributed by atoms with Crippen LogP contribution in [-0.2, 0) is 4.74 Å². The molecular formula is C11H21NOS. The van der Waals surface area contributed by atoms with E-state index in [9.17, 15) is 0 Å². The molecule has 82 valence electrons. The van der Waals surface area contributed by atoms with Gasteiger partial charge in [0.1, 0.15) is 0 Å². The van der Waals surface area contributed by atoms with E-state index in [4.69, 9.17) is 4.74 Å². The molecule has 2 aliphatic heterocycles. The molecule has 0 spiro atoms. The third-order valence-corrected chi connectivity index (χ3v) is 4.71. The van der Waals surface area contributed by atoms with Gasteiger partial charge in [-0.25, -0.2) is 0 Å². The second-order valence-electron chi connectivity index (χ2n) is 4.49. The predicted molar refractivity (Wildman–Crippen MR) is 62.0 cm³/mol. The summed E-state index contributed by atoms with van der Waals surface area (Å²) in [6, 6.07) is 0. The standard InChI is InChI=1S/C11H21NOS/c1-3-14-10-7-11(9-13-2)5-4-6-12(11)8-10/h10H,3-9H2,1-2H3/t10-,11-/m0/s1. The van der Waals surface area contributed by atoms with Gasteiger partial charge in [0.2, 0.25) is 0 Å². The number of rotatable bonds is 4. The topological polar surface area (TPSA) is 12.5 Å². The Morgan fingerprint density at radius 1 is 1.57 bits per heavy atom. The molecule has 0 N–H and O–H groups in total. The summed E-state index contributed by atoms with van der Waals surface area (Å²) in [5, 5.41) is 0.857. The zero-order valence-electron chi connectivity index (χ0n) is 9.29. The van der Waals surface area contributed by atoms with Gasteiger partial charge in [0.25, 0.3) is 0 Å². The minimum atomic E-state index is 0.418. The quantitative estimate of drug-likeness (QED) is 0.711. The molecular weight excluding hydrogens is 194 g/mol. The van der Waals surface area contributed by atoms with Crippen molar-refractivity contribution in [1.82, 2.24) is 4.90 Å². The van der Waals surface area contributed by atoms with Crippen LogP contribution < -0.4 is 0 Å². The highest BCUT2D eigenvalue weighted by Crippen LogP contribution is 2.42. The second-order valence-corrected chi connectivity index (χ2v) is 6.07. The Morgan fingerprint density at radius 2 is 2.43 bits per heavy atom. The highest BCUT2D eigenvalue weighted by Gasteiger charge is 2.48. The van der Waals surface area contributed by atoms with Crippen LogP contribution in [0.3, 0.4) is 0 Å². The maximum atomic E-state index is 5.41. The van der Waals surface area contributed by atoms with Gasteiger partial charge >= 0.3 is 0 Å². The molecule has 0 aromatic carbocycles. The van der Waals surface area contributed by atoms with E-state index in [2.05, 4.69) is 23.6 Å². The van der Waals surface area contributed by atoms with E-state index in [-0.39, 0.29) is 0 Å². The fraction of sp³-hybridized carbons (Fsp3) is 1.00. The lowest BCUT2D eigenvalue weighted by Crippen LogP contribution is -2.42. The van der Waals surface area contributed by atoms with Crippen molar-refractivity contribution >= 4 is 11.8 Å². The molecule has 2 rings (SSSR count). The maximum Gasteiger partial charge on any atom is 0.0647 e. The van der Waals surface area contributed by atoms with Crippen molar-refractivity contribution in [2.75, 3.05) is 32.6 Å². The minimum absolute atomic E-state index is 0.418. The van der Waals surface area contributed by atoms with Gasteiger partial charge in [-0.2, -0.15) is 11.8 Å². The summed E-state index contributed by atoms with van der Waals surface area (Å²) in [4.78, 5) is 2.67. The van der Waals surface area contributed by atoms with E-state index in [1.54, 1.807) is 0 Å². The van der Waals surface area contributed by atoms with Crippen LogP contribution in [0.15, 0.2) is 0 Å². The predicted octanol–water partition coefficient (Wildman–Crippen LogP) is 1.99. The zero-order chi connectivity index (χ0) is 10.0. The van der Waals surface area contributed by atoms with Crippen LogP contribution in [0.25, 0.3) is 0 Å². The molecule has 0 aromatic heterocycles. The molecule has 0 bridgehead atoms. The van der Waals surface area contributed by atoms with Gasteiger partial charge in [-0.3, -0.25) is 4.90 Å². The normalized spacial score (nSPS) is 37.7. The highest BCUT2D eigenvalue weighted by molar-refractivity contribution is 7.99. The molecule has 0 unspecified atom stereocenters. The Hall–Kier alpha value is 0.270. The van der Waals surface area contributed by atoms with Crippen LogP contribution in [0.4, 0.5) is 0 Å². The lowest BCUT2D eigenvalue weighted by atomic mass is 9.95. The maximum absolute atomic E-state index is 5.41. The number of ether oxygens (including phenoxy) is 1. The molecule has 2 heterocycles. The van der Waals surface area contributed by atoms with Crippen LogP contribution in [0.2, 0.25) is 0 Å². The van der Waals surface area contributed by atoms with E-state index in [0.717, 1.165) is 11.9 Å². The largest absolute Gasteiger partial charge is 0.383 e. The average Bonchev–Trinajstić information content (AvgIpc) is 2.61. The van der Waals surface area contributed by atoms with Crippen molar-refractivity contribution in [3.63, 3.8) is 0 Å². The first kappa shape index (κ1) is 10.8. The summed E-state index contributed by atoms with van der Waals surface area (Å²) < 4.78 is 5.41. The van der Waals surface area contributed by atoms with E-state index >= 15 is 0 Å². The molecule has 0 radical (unpaired) electrons. The Kier molecular flexibility index (Phi) is 3.40. The molecule has 0 amide bonds. The van der Waals surface area contributed by atoms with Gasteiger partial charge in [-0.15, -0.1) is 0 Å². The van der Waals surface area contributed by atoms with E-state index in [0.29, 0.717) is 5.54 Å². The van der Waals surface area contributed by atoms with Crippen LogP contribution in [0, 0.1) is 0 Å². The van der Waals surface area contributed by atoms with Crippen molar-refractivity contribution in [1.29, 1.82) is 0 Å². The number of hydrogen-bond donors (Lipinski definition) is 0. The Labute approximate surface area is 91.4 Å². The SMILES string of the molecule is CCS[C@@H]1CN2CCC[C@@]2(COC)C1. The van der Waals surface area contributed by atoms with Crippen LogP contribution >= 0.6 is 11.8 Å². The summed E-state index contributed by atoms with van der Waals surface area (Å²) >= 11 is 2.12. The number of thioether (sulfide) groups is 1. The Balaban J connectivity index is 1.99.